The van der Waals surface area contributed by atoms with E-state index in [1.165, 1.54) is 10.4 Å². The van der Waals surface area contributed by atoms with Crippen LogP contribution in [0.1, 0.15) is 32.3 Å². The lowest BCUT2D eigenvalue weighted by Gasteiger charge is -2.29. The van der Waals surface area contributed by atoms with Gasteiger partial charge in [-0.2, -0.15) is 4.31 Å². The average molecular weight is 398 g/mol. The van der Waals surface area contributed by atoms with Gasteiger partial charge in [-0.25, -0.2) is 8.42 Å². The number of carbonyl (C=O) groups excluding carboxylic acids is 1. The number of likely N-dealkylation sites (tertiary alicyclic amines) is 1. The van der Waals surface area contributed by atoms with E-state index in [0.717, 1.165) is 25.9 Å². The van der Waals surface area contributed by atoms with Crippen LogP contribution in [0.2, 0.25) is 0 Å². The van der Waals surface area contributed by atoms with Gasteiger partial charge in [-0.05, 0) is 63.7 Å². The van der Waals surface area contributed by atoms with Crippen molar-refractivity contribution in [3.63, 3.8) is 0 Å². The van der Waals surface area contributed by atoms with Crippen LogP contribution in [-0.2, 0) is 14.8 Å². The summed E-state index contributed by atoms with van der Waals surface area (Å²) in [5, 5.41) is 3.00. The third-order valence-electron chi connectivity index (χ3n) is 4.93. The normalized spacial score (nSPS) is 16.5. The van der Waals surface area contributed by atoms with Gasteiger partial charge in [0.1, 0.15) is 5.75 Å². The van der Waals surface area contributed by atoms with Crippen molar-refractivity contribution in [1.29, 1.82) is 0 Å². The lowest BCUT2D eigenvalue weighted by molar-refractivity contribution is -0.124. The molecule has 7 nitrogen and oxygen atoms in total. The molecular formula is C19H31N3O4S. The molecule has 1 heterocycles. The lowest BCUT2D eigenvalue weighted by atomic mass is 10.1. The van der Waals surface area contributed by atoms with Gasteiger partial charge in [-0.15, -0.1) is 0 Å². The number of amides is 1. The fraction of sp³-hybridized carbons (Fsp3) is 0.632. The van der Waals surface area contributed by atoms with Gasteiger partial charge < -0.3 is 15.0 Å². The summed E-state index contributed by atoms with van der Waals surface area (Å²) in [6.07, 6.45) is 1.89. The summed E-state index contributed by atoms with van der Waals surface area (Å²) >= 11 is 0. The summed E-state index contributed by atoms with van der Waals surface area (Å²) in [4.78, 5) is 14.6. The molecule has 1 saturated heterocycles. The molecule has 2 rings (SSSR count). The van der Waals surface area contributed by atoms with Crippen molar-refractivity contribution in [3.05, 3.63) is 23.8 Å². The van der Waals surface area contributed by atoms with Crippen LogP contribution in [0.5, 0.6) is 5.75 Å². The van der Waals surface area contributed by atoms with Crippen LogP contribution < -0.4 is 10.1 Å². The van der Waals surface area contributed by atoms with E-state index in [4.69, 9.17) is 4.74 Å². The Kier molecular flexibility index (Phi) is 7.64. The number of hydrogen-bond acceptors (Lipinski definition) is 5. The monoisotopic (exact) mass is 397 g/mol. The van der Waals surface area contributed by atoms with Crippen LogP contribution in [0, 0.1) is 6.92 Å². The minimum atomic E-state index is -3.50. The summed E-state index contributed by atoms with van der Waals surface area (Å²) in [5.41, 5.74) is 0.690. The molecule has 1 aromatic carbocycles. The van der Waals surface area contributed by atoms with E-state index in [1.54, 1.807) is 19.1 Å². The van der Waals surface area contributed by atoms with Gasteiger partial charge in [0, 0.05) is 19.1 Å². The number of piperidine rings is 1. The highest BCUT2D eigenvalue weighted by Gasteiger charge is 2.22. The van der Waals surface area contributed by atoms with Gasteiger partial charge in [-0.3, -0.25) is 4.79 Å². The standard InChI is InChI=1S/C19H31N3O4S/c1-5-22(6-2)27(24,25)17-7-8-18(15(3)13-17)26-14-19(23)20-16-9-11-21(4)12-10-16/h7-8,13,16H,5-6,9-12,14H2,1-4H3,(H,20,23). The van der Waals surface area contributed by atoms with E-state index in [9.17, 15) is 13.2 Å². The highest BCUT2D eigenvalue weighted by molar-refractivity contribution is 7.89. The van der Waals surface area contributed by atoms with Crippen LogP contribution in [0.15, 0.2) is 23.1 Å². The summed E-state index contributed by atoms with van der Waals surface area (Å²) in [6, 6.07) is 4.94. The molecule has 0 saturated carbocycles. The number of sulfonamides is 1. The molecule has 0 bridgehead atoms. The molecule has 0 aromatic heterocycles. The van der Waals surface area contributed by atoms with Gasteiger partial charge in [0.05, 0.1) is 4.90 Å². The second-order valence-electron chi connectivity index (χ2n) is 6.95. The molecule has 1 aromatic rings. The maximum Gasteiger partial charge on any atom is 0.258 e. The predicted octanol–water partition coefficient (Wildman–Crippen LogP) is 1.61. The van der Waals surface area contributed by atoms with Gasteiger partial charge in [0.15, 0.2) is 6.61 Å². The van der Waals surface area contributed by atoms with Crippen molar-refractivity contribution >= 4 is 15.9 Å². The van der Waals surface area contributed by atoms with Gasteiger partial charge in [0.25, 0.3) is 5.91 Å². The Hall–Kier alpha value is -1.64. The van der Waals surface area contributed by atoms with Crippen molar-refractivity contribution < 1.29 is 17.9 Å². The van der Waals surface area contributed by atoms with Crippen molar-refractivity contribution in [2.45, 2.75) is 44.6 Å². The molecule has 152 valence electrons. The Labute approximate surface area is 162 Å². The predicted molar refractivity (Wildman–Crippen MR) is 105 cm³/mol. The fourth-order valence-corrected chi connectivity index (χ4v) is 4.77. The third-order valence-corrected chi connectivity index (χ3v) is 6.98. The zero-order chi connectivity index (χ0) is 20.0. The summed E-state index contributed by atoms with van der Waals surface area (Å²) in [7, 11) is -1.42. The van der Waals surface area contributed by atoms with E-state index in [1.807, 2.05) is 13.8 Å². The number of ether oxygens (including phenoxy) is 1. The molecule has 1 aliphatic heterocycles. The fourth-order valence-electron chi connectivity index (χ4n) is 3.22. The zero-order valence-electron chi connectivity index (χ0n) is 16.7. The van der Waals surface area contributed by atoms with Crippen LogP contribution in [0.3, 0.4) is 0 Å². The van der Waals surface area contributed by atoms with Gasteiger partial charge >= 0.3 is 0 Å². The topological polar surface area (TPSA) is 78.9 Å². The van der Waals surface area contributed by atoms with Gasteiger partial charge in [0.2, 0.25) is 10.0 Å². The third kappa shape index (κ3) is 5.67. The Morgan fingerprint density at radius 3 is 2.44 bits per heavy atom. The highest BCUT2D eigenvalue weighted by atomic mass is 32.2. The Balaban J connectivity index is 1.95. The van der Waals surface area contributed by atoms with Gasteiger partial charge in [-0.1, -0.05) is 13.8 Å². The van der Waals surface area contributed by atoms with E-state index in [-0.39, 0.29) is 23.5 Å². The Morgan fingerprint density at radius 1 is 1.26 bits per heavy atom. The van der Waals surface area contributed by atoms with Crippen LogP contribution >= 0.6 is 0 Å². The number of nitrogens with one attached hydrogen (secondary N) is 1. The number of nitrogens with zero attached hydrogens (tertiary/aromatic N) is 2. The van der Waals surface area contributed by atoms with Crippen LogP contribution in [-0.4, -0.2) is 69.4 Å². The molecule has 0 spiro atoms. The minimum Gasteiger partial charge on any atom is -0.484 e. The first-order valence-electron chi connectivity index (χ1n) is 9.49. The molecule has 1 N–H and O–H groups in total. The number of rotatable bonds is 8. The smallest absolute Gasteiger partial charge is 0.258 e. The average Bonchev–Trinajstić information content (AvgIpc) is 2.63. The molecule has 27 heavy (non-hydrogen) atoms. The molecule has 0 atom stereocenters. The molecule has 0 aliphatic carbocycles. The SMILES string of the molecule is CCN(CC)S(=O)(=O)c1ccc(OCC(=O)NC2CCN(C)CC2)c(C)c1. The molecular weight excluding hydrogens is 366 g/mol. The van der Waals surface area contributed by atoms with E-state index in [0.29, 0.717) is 24.4 Å². The Bertz CT molecular complexity index is 739. The minimum absolute atomic E-state index is 0.0741. The maximum atomic E-state index is 12.6. The zero-order valence-corrected chi connectivity index (χ0v) is 17.5. The van der Waals surface area contributed by atoms with Crippen LogP contribution in [0.4, 0.5) is 0 Å². The Morgan fingerprint density at radius 2 is 1.89 bits per heavy atom. The molecule has 1 amide bonds. The second-order valence-corrected chi connectivity index (χ2v) is 8.89. The number of aryl methyl sites for hydroxylation is 1. The first kappa shape index (κ1) is 21.7. The quantitative estimate of drug-likeness (QED) is 0.721. The summed E-state index contributed by atoms with van der Waals surface area (Å²) < 4.78 is 32.2. The lowest BCUT2D eigenvalue weighted by Crippen LogP contribution is -2.44. The number of carbonyl (C=O) groups is 1. The summed E-state index contributed by atoms with van der Waals surface area (Å²) in [6.45, 7) is 8.14. The van der Waals surface area contributed by atoms with E-state index < -0.39 is 10.0 Å². The van der Waals surface area contributed by atoms with Crippen LogP contribution in [0.25, 0.3) is 0 Å². The molecule has 1 aliphatic rings. The maximum absolute atomic E-state index is 12.6. The van der Waals surface area contributed by atoms with Crippen molar-refractivity contribution in [2.75, 3.05) is 39.8 Å². The largest absolute Gasteiger partial charge is 0.484 e. The molecule has 8 heteroatoms. The molecule has 0 radical (unpaired) electrons. The van der Waals surface area contributed by atoms with E-state index in [2.05, 4.69) is 17.3 Å². The first-order valence-corrected chi connectivity index (χ1v) is 10.9. The molecule has 0 unspecified atom stereocenters. The first-order chi connectivity index (χ1) is 12.8. The highest BCUT2D eigenvalue weighted by Crippen LogP contribution is 2.24. The summed E-state index contributed by atoms with van der Waals surface area (Å²) in [5.74, 6) is 0.371. The second kappa shape index (κ2) is 9.52. The van der Waals surface area contributed by atoms with Crippen molar-refractivity contribution in [2.24, 2.45) is 0 Å². The molecule has 1 fully saturated rings. The van der Waals surface area contributed by atoms with Crippen molar-refractivity contribution in [3.8, 4) is 5.75 Å². The number of hydrogen-bond donors (Lipinski definition) is 1. The van der Waals surface area contributed by atoms with Crippen molar-refractivity contribution in [1.82, 2.24) is 14.5 Å². The van der Waals surface area contributed by atoms with E-state index >= 15 is 0 Å². The number of benzene rings is 1.